The molecule has 0 aliphatic heterocycles. The van der Waals surface area contributed by atoms with Crippen molar-refractivity contribution in [2.24, 2.45) is 7.05 Å². The number of nitrogens with zero attached hydrogens (tertiary/aromatic N) is 2. The molecule has 2 heterocycles. The van der Waals surface area contributed by atoms with Crippen molar-refractivity contribution in [2.45, 2.75) is 6.10 Å². The SMILES string of the molecule is Cn1c(=O)oc2cc(C(O)c3[nH]cnc3C(=O)O)ccc21. The molecule has 3 N–H and O–H groups in total. The summed E-state index contributed by atoms with van der Waals surface area (Å²) < 4.78 is 6.38. The molecule has 0 amide bonds. The molecule has 3 aromatic rings. The highest BCUT2D eigenvalue weighted by Crippen LogP contribution is 2.25. The Morgan fingerprint density at radius 2 is 2.24 bits per heavy atom. The van der Waals surface area contributed by atoms with Crippen LogP contribution in [0, 0.1) is 0 Å². The van der Waals surface area contributed by atoms with Crippen LogP contribution in [0.25, 0.3) is 11.1 Å². The lowest BCUT2D eigenvalue weighted by Gasteiger charge is -2.09. The van der Waals surface area contributed by atoms with Gasteiger partial charge >= 0.3 is 11.7 Å². The van der Waals surface area contributed by atoms with Crippen molar-refractivity contribution in [3.05, 3.63) is 52.0 Å². The number of aromatic amines is 1. The van der Waals surface area contributed by atoms with E-state index in [4.69, 9.17) is 9.52 Å². The summed E-state index contributed by atoms with van der Waals surface area (Å²) in [5.41, 5.74) is 1.11. The Bertz CT molecular complexity index is 889. The molecule has 0 radical (unpaired) electrons. The molecule has 21 heavy (non-hydrogen) atoms. The van der Waals surface area contributed by atoms with Crippen molar-refractivity contribution < 1.29 is 19.4 Å². The van der Waals surface area contributed by atoms with Gasteiger partial charge in [-0.2, -0.15) is 0 Å². The molecule has 0 spiro atoms. The maximum atomic E-state index is 11.4. The number of nitrogens with one attached hydrogen (secondary N) is 1. The molecule has 0 fully saturated rings. The van der Waals surface area contributed by atoms with Gasteiger partial charge in [-0.1, -0.05) is 6.07 Å². The van der Waals surface area contributed by atoms with Gasteiger partial charge in [0.25, 0.3) is 0 Å². The number of aromatic carboxylic acids is 1. The van der Waals surface area contributed by atoms with Gasteiger partial charge in [0, 0.05) is 7.05 Å². The van der Waals surface area contributed by atoms with Crippen LogP contribution in [0.2, 0.25) is 0 Å². The topological polar surface area (TPSA) is 121 Å². The number of H-pyrrole nitrogens is 1. The van der Waals surface area contributed by atoms with Crippen molar-refractivity contribution >= 4 is 17.1 Å². The molecule has 8 heteroatoms. The molecule has 2 aromatic heterocycles. The number of hydrogen-bond donors (Lipinski definition) is 3. The molecular weight excluding hydrogens is 278 g/mol. The van der Waals surface area contributed by atoms with Gasteiger partial charge in [-0.15, -0.1) is 0 Å². The number of aryl methyl sites for hydroxylation is 1. The highest BCUT2D eigenvalue weighted by molar-refractivity contribution is 5.87. The van der Waals surface area contributed by atoms with Gasteiger partial charge in [0.15, 0.2) is 11.3 Å². The number of carboxylic acids is 1. The fourth-order valence-corrected chi connectivity index (χ4v) is 2.17. The Balaban J connectivity index is 2.09. The van der Waals surface area contributed by atoms with Crippen LogP contribution in [-0.4, -0.2) is 30.7 Å². The third-order valence-electron chi connectivity index (χ3n) is 3.28. The van der Waals surface area contributed by atoms with Crippen LogP contribution in [-0.2, 0) is 7.05 Å². The highest BCUT2D eigenvalue weighted by atomic mass is 16.4. The number of aliphatic hydroxyl groups excluding tert-OH is 1. The lowest BCUT2D eigenvalue weighted by molar-refractivity contribution is 0.0685. The van der Waals surface area contributed by atoms with Crippen LogP contribution in [0.5, 0.6) is 0 Å². The maximum Gasteiger partial charge on any atom is 0.419 e. The predicted molar refractivity (Wildman–Crippen MR) is 71.1 cm³/mol. The van der Waals surface area contributed by atoms with E-state index in [0.717, 1.165) is 0 Å². The molecule has 0 aliphatic carbocycles. The fourth-order valence-electron chi connectivity index (χ4n) is 2.17. The summed E-state index contributed by atoms with van der Waals surface area (Å²) in [7, 11) is 1.57. The number of fused-ring (bicyclic) bond motifs is 1. The van der Waals surface area contributed by atoms with Gasteiger partial charge in [0.1, 0.15) is 6.10 Å². The largest absolute Gasteiger partial charge is 0.476 e. The van der Waals surface area contributed by atoms with E-state index in [1.807, 2.05) is 0 Å². The number of hydrogen-bond acceptors (Lipinski definition) is 5. The van der Waals surface area contributed by atoms with Gasteiger partial charge in [-0.05, 0) is 17.7 Å². The van der Waals surface area contributed by atoms with Crippen LogP contribution < -0.4 is 5.76 Å². The van der Waals surface area contributed by atoms with E-state index in [-0.39, 0.29) is 11.4 Å². The van der Waals surface area contributed by atoms with Crippen molar-refractivity contribution in [1.82, 2.24) is 14.5 Å². The second-order valence-electron chi connectivity index (χ2n) is 4.53. The zero-order valence-electron chi connectivity index (χ0n) is 10.9. The fraction of sp³-hybridized carbons (Fsp3) is 0.154. The Kier molecular flexibility index (Phi) is 2.88. The normalized spacial score (nSPS) is 12.7. The first-order valence-corrected chi connectivity index (χ1v) is 6.03. The third-order valence-corrected chi connectivity index (χ3v) is 3.28. The van der Waals surface area contributed by atoms with E-state index in [1.165, 1.54) is 17.0 Å². The smallest absolute Gasteiger partial charge is 0.419 e. The molecule has 0 saturated heterocycles. The molecule has 108 valence electrons. The average molecular weight is 289 g/mol. The minimum atomic E-state index is -1.24. The Morgan fingerprint density at radius 1 is 1.48 bits per heavy atom. The summed E-state index contributed by atoms with van der Waals surface area (Å²) in [6, 6.07) is 4.71. The molecule has 0 aliphatic rings. The second-order valence-corrected chi connectivity index (χ2v) is 4.53. The second kappa shape index (κ2) is 4.60. The van der Waals surface area contributed by atoms with E-state index in [1.54, 1.807) is 19.2 Å². The Morgan fingerprint density at radius 3 is 2.95 bits per heavy atom. The summed E-state index contributed by atoms with van der Waals surface area (Å²) in [5, 5.41) is 19.3. The molecule has 3 rings (SSSR count). The monoisotopic (exact) mass is 289 g/mol. The number of benzene rings is 1. The van der Waals surface area contributed by atoms with Gasteiger partial charge in [-0.25, -0.2) is 14.6 Å². The first kappa shape index (κ1) is 13.1. The highest BCUT2D eigenvalue weighted by Gasteiger charge is 2.22. The summed E-state index contributed by atoms with van der Waals surface area (Å²) in [6.07, 6.45) is -0.0167. The first-order chi connectivity index (χ1) is 9.99. The number of rotatable bonds is 3. The van der Waals surface area contributed by atoms with Crippen molar-refractivity contribution in [2.75, 3.05) is 0 Å². The zero-order valence-corrected chi connectivity index (χ0v) is 10.9. The molecular formula is C13H11N3O5. The minimum Gasteiger partial charge on any atom is -0.476 e. The zero-order chi connectivity index (χ0) is 15.1. The van der Waals surface area contributed by atoms with Gasteiger partial charge in [0.2, 0.25) is 0 Å². The van der Waals surface area contributed by atoms with E-state index >= 15 is 0 Å². The number of aliphatic hydroxyl groups is 1. The summed E-state index contributed by atoms with van der Waals surface area (Å²) in [5.74, 6) is -1.75. The van der Waals surface area contributed by atoms with Crippen LogP contribution in [0.4, 0.5) is 0 Å². The Hall–Kier alpha value is -2.87. The number of carbonyl (C=O) groups is 1. The minimum absolute atomic E-state index is 0.0696. The standard InChI is InChI=1S/C13H11N3O5/c1-16-7-3-2-6(4-8(7)21-13(16)20)11(17)9-10(12(18)19)15-5-14-9/h2-5,11,17H,1H3,(H,14,15)(H,18,19). The van der Waals surface area contributed by atoms with Crippen molar-refractivity contribution in [3.63, 3.8) is 0 Å². The maximum absolute atomic E-state index is 11.4. The van der Waals surface area contributed by atoms with Crippen LogP contribution in [0.1, 0.15) is 27.8 Å². The van der Waals surface area contributed by atoms with E-state index in [9.17, 15) is 14.7 Å². The molecule has 1 atom stereocenters. The van der Waals surface area contributed by atoms with Crippen molar-refractivity contribution in [1.29, 1.82) is 0 Å². The van der Waals surface area contributed by atoms with Crippen LogP contribution >= 0.6 is 0 Å². The first-order valence-electron chi connectivity index (χ1n) is 6.03. The van der Waals surface area contributed by atoms with Gasteiger partial charge in [0.05, 0.1) is 17.5 Å². The predicted octanol–water partition coefficient (Wildman–Crippen LogP) is 0.634. The lowest BCUT2D eigenvalue weighted by atomic mass is 10.0. The molecule has 8 nitrogen and oxygen atoms in total. The Labute approximate surface area is 117 Å². The summed E-state index contributed by atoms with van der Waals surface area (Å²) in [6.45, 7) is 0. The molecule has 1 unspecified atom stereocenters. The molecule has 0 saturated carbocycles. The van der Waals surface area contributed by atoms with Gasteiger partial charge in [-0.3, -0.25) is 4.57 Å². The van der Waals surface area contributed by atoms with Gasteiger partial charge < -0.3 is 19.6 Å². The number of imidazole rings is 1. The van der Waals surface area contributed by atoms with Crippen LogP contribution in [0.3, 0.4) is 0 Å². The van der Waals surface area contributed by atoms with E-state index < -0.39 is 17.8 Å². The number of aromatic nitrogens is 3. The molecule has 0 bridgehead atoms. The van der Waals surface area contributed by atoms with Crippen LogP contribution in [0.15, 0.2) is 33.7 Å². The van der Waals surface area contributed by atoms with E-state index in [2.05, 4.69) is 9.97 Å². The quantitative estimate of drug-likeness (QED) is 0.650. The lowest BCUT2D eigenvalue weighted by Crippen LogP contribution is -2.08. The third kappa shape index (κ3) is 2.01. The summed E-state index contributed by atoms with van der Waals surface area (Å²) >= 11 is 0. The van der Waals surface area contributed by atoms with E-state index in [0.29, 0.717) is 16.7 Å². The number of carboxylic acid groups (broad SMARTS) is 1. The average Bonchev–Trinajstić information content (AvgIpc) is 3.04. The number of oxazole rings is 1. The molecule has 1 aromatic carbocycles. The summed E-state index contributed by atoms with van der Waals surface area (Å²) in [4.78, 5) is 28.7. The van der Waals surface area contributed by atoms with Crippen molar-refractivity contribution in [3.8, 4) is 0 Å².